The van der Waals surface area contributed by atoms with Crippen molar-refractivity contribution in [3.63, 3.8) is 0 Å². The number of sulfonamides is 1. The van der Waals surface area contributed by atoms with Gasteiger partial charge in [0.05, 0.1) is 30.4 Å². The van der Waals surface area contributed by atoms with Gasteiger partial charge in [-0.15, -0.1) is 4.40 Å². The summed E-state index contributed by atoms with van der Waals surface area (Å²) in [7, 11) is -7.61. The van der Waals surface area contributed by atoms with E-state index < -0.39 is 43.5 Å². The molecular weight excluding hydrogens is 573 g/mol. The molecule has 2 bridgehead atoms. The van der Waals surface area contributed by atoms with Gasteiger partial charge < -0.3 is 15.0 Å². The number of benzene rings is 2. The SMILES string of the molecule is CCOC(=O)[C@@H]1[C@H]2CC[C@H](C2)[C@@H]1N(Cc1ccc(F)cc1)C(=O)CC1=NS(=O)(=O)c2cc(CS(C)(=O)=O)ccc2N1. The summed E-state index contributed by atoms with van der Waals surface area (Å²) in [4.78, 5) is 28.4. The minimum Gasteiger partial charge on any atom is -0.466 e. The number of nitrogens with one attached hydrogen (secondary N) is 1. The van der Waals surface area contributed by atoms with Crippen molar-refractivity contribution in [1.29, 1.82) is 0 Å². The number of hydrogen-bond acceptors (Lipinski definition) is 8. The van der Waals surface area contributed by atoms with Crippen molar-refractivity contribution >= 4 is 43.3 Å². The number of carbonyl (C=O) groups is 2. The molecule has 2 aliphatic carbocycles. The topological polar surface area (TPSA) is 139 Å². The molecule has 5 rings (SSSR count). The Morgan fingerprint density at radius 3 is 2.46 bits per heavy atom. The van der Waals surface area contributed by atoms with E-state index in [0.29, 0.717) is 11.1 Å². The van der Waals surface area contributed by atoms with Crippen molar-refractivity contribution in [3.8, 4) is 0 Å². The number of anilines is 1. The van der Waals surface area contributed by atoms with Crippen molar-refractivity contribution in [2.75, 3.05) is 18.2 Å². The summed E-state index contributed by atoms with van der Waals surface area (Å²) in [6.07, 6.45) is 3.19. The molecule has 1 N–H and O–H groups in total. The molecule has 10 nitrogen and oxygen atoms in total. The van der Waals surface area contributed by atoms with Gasteiger partial charge in [-0.25, -0.2) is 12.8 Å². The fourth-order valence-electron chi connectivity index (χ4n) is 6.40. The second kappa shape index (κ2) is 11.2. The highest BCUT2D eigenvalue weighted by molar-refractivity contribution is 7.90. The van der Waals surface area contributed by atoms with Gasteiger partial charge in [-0.1, -0.05) is 18.2 Å². The lowest BCUT2D eigenvalue weighted by Crippen LogP contribution is -2.50. The zero-order chi connectivity index (χ0) is 29.5. The Bertz CT molecular complexity index is 1610. The van der Waals surface area contributed by atoms with Crippen LogP contribution in [0, 0.1) is 23.6 Å². The molecule has 2 saturated carbocycles. The number of amidine groups is 1. The average Bonchev–Trinajstić information content (AvgIpc) is 3.50. The van der Waals surface area contributed by atoms with Gasteiger partial charge >= 0.3 is 5.97 Å². The number of halogens is 1. The summed E-state index contributed by atoms with van der Waals surface area (Å²) in [5.74, 6) is -1.94. The number of hydrogen-bond donors (Lipinski definition) is 1. The lowest BCUT2D eigenvalue weighted by molar-refractivity contribution is -0.154. The molecule has 0 aromatic heterocycles. The van der Waals surface area contributed by atoms with Crippen LogP contribution in [0.1, 0.15) is 43.7 Å². The standard InChI is InChI=1S/C28H32FN3O7S2/c1-3-39-28(34)26-19-7-8-20(13-19)27(26)32(15-17-4-9-21(29)10-5-17)25(33)14-24-30-22-11-6-18(16-40(2,35)36)12-23(22)41(37,38)31-24/h4-6,9-12,19-20,26-27H,3,7-8,13-16H2,1-2H3,(H,30,31)/t19-,20+,26+,27-/m0/s1. The van der Waals surface area contributed by atoms with Gasteiger partial charge in [0.15, 0.2) is 9.84 Å². The van der Waals surface area contributed by atoms with Gasteiger partial charge in [0.1, 0.15) is 16.5 Å². The second-order valence-electron chi connectivity index (χ2n) is 11.0. The van der Waals surface area contributed by atoms with Crippen molar-refractivity contribution in [2.45, 2.75) is 55.8 Å². The molecule has 220 valence electrons. The van der Waals surface area contributed by atoms with Crippen LogP contribution >= 0.6 is 0 Å². The molecular formula is C28H32FN3O7S2. The zero-order valence-electron chi connectivity index (χ0n) is 22.7. The highest BCUT2D eigenvalue weighted by atomic mass is 32.2. The fourth-order valence-corrected chi connectivity index (χ4v) is 8.38. The van der Waals surface area contributed by atoms with E-state index in [2.05, 4.69) is 9.71 Å². The van der Waals surface area contributed by atoms with E-state index in [4.69, 9.17) is 4.74 Å². The summed E-state index contributed by atoms with van der Waals surface area (Å²) in [6, 6.07) is 9.54. The Kier molecular flexibility index (Phi) is 7.94. The Balaban J connectivity index is 1.44. The van der Waals surface area contributed by atoms with Gasteiger partial charge in [0.2, 0.25) is 5.91 Å². The Morgan fingerprint density at radius 2 is 1.78 bits per heavy atom. The maximum Gasteiger partial charge on any atom is 0.311 e. The average molecular weight is 606 g/mol. The van der Waals surface area contributed by atoms with E-state index in [1.165, 1.54) is 30.3 Å². The number of carbonyl (C=O) groups excluding carboxylic acids is 2. The van der Waals surface area contributed by atoms with Crippen LogP contribution in [0.5, 0.6) is 0 Å². The molecule has 3 aliphatic rings. The number of esters is 1. The van der Waals surface area contributed by atoms with Crippen LogP contribution in [0.3, 0.4) is 0 Å². The summed E-state index contributed by atoms with van der Waals surface area (Å²) >= 11 is 0. The number of nitrogens with zero attached hydrogens (tertiary/aromatic N) is 2. The summed E-state index contributed by atoms with van der Waals surface area (Å²) in [6.45, 7) is 2.06. The monoisotopic (exact) mass is 605 g/mol. The zero-order valence-corrected chi connectivity index (χ0v) is 24.4. The normalized spacial score (nSPS) is 24.2. The van der Waals surface area contributed by atoms with Gasteiger partial charge in [0.25, 0.3) is 10.0 Å². The molecule has 4 atom stereocenters. The lowest BCUT2D eigenvalue weighted by atomic mass is 9.83. The summed E-state index contributed by atoms with van der Waals surface area (Å²) in [5, 5.41) is 2.91. The Hall–Kier alpha value is -3.32. The smallest absolute Gasteiger partial charge is 0.311 e. The second-order valence-corrected chi connectivity index (χ2v) is 14.7. The molecule has 41 heavy (non-hydrogen) atoms. The number of rotatable bonds is 9. The number of fused-ring (bicyclic) bond motifs is 3. The first-order chi connectivity index (χ1) is 19.3. The quantitative estimate of drug-likeness (QED) is 0.430. The predicted octanol–water partition coefficient (Wildman–Crippen LogP) is 3.28. The molecule has 0 saturated heterocycles. The molecule has 0 radical (unpaired) electrons. The number of ether oxygens (including phenoxy) is 1. The van der Waals surface area contributed by atoms with Crippen molar-refractivity contribution < 1.29 is 35.6 Å². The largest absolute Gasteiger partial charge is 0.466 e. The van der Waals surface area contributed by atoms with E-state index in [1.54, 1.807) is 24.0 Å². The van der Waals surface area contributed by atoms with Crippen molar-refractivity contribution in [3.05, 3.63) is 59.4 Å². The van der Waals surface area contributed by atoms with Crippen LogP contribution in [0.25, 0.3) is 0 Å². The molecule has 1 amide bonds. The molecule has 2 aromatic carbocycles. The Morgan fingerprint density at radius 1 is 1.10 bits per heavy atom. The van der Waals surface area contributed by atoms with Crippen molar-refractivity contribution in [2.24, 2.45) is 22.2 Å². The van der Waals surface area contributed by atoms with Crippen LogP contribution in [0.15, 0.2) is 51.8 Å². The summed E-state index contributed by atoms with van der Waals surface area (Å²) in [5.41, 5.74) is 1.16. The first-order valence-electron chi connectivity index (χ1n) is 13.5. The highest BCUT2D eigenvalue weighted by Crippen LogP contribution is 2.51. The van der Waals surface area contributed by atoms with Gasteiger partial charge in [-0.05, 0) is 73.4 Å². The van der Waals surface area contributed by atoms with Gasteiger partial charge in [-0.3, -0.25) is 9.59 Å². The number of sulfone groups is 1. The third-order valence-corrected chi connectivity index (χ3v) is 10.2. The third kappa shape index (κ3) is 6.30. The number of amides is 1. The fraction of sp³-hybridized carbons (Fsp3) is 0.464. The Labute approximate surface area is 239 Å². The van der Waals surface area contributed by atoms with Crippen LogP contribution in [-0.2, 0) is 46.5 Å². The maximum absolute atomic E-state index is 13.9. The van der Waals surface area contributed by atoms with Gasteiger partial charge in [-0.2, -0.15) is 8.42 Å². The van der Waals surface area contributed by atoms with E-state index in [1.807, 2.05) is 0 Å². The molecule has 2 fully saturated rings. The van der Waals surface area contributed by atoms with E-state index in [-0.39, 0.29) is 59.5 Å². The first kappa shape index (κ1) is 29.2. The lowest BCUT2D eigenvalue weighted by Gasteiger charge is -2.39. The van der Waals surface area contributed by atoms with Crippen LogP contribution in [-0.4, -0.2) is 58.4 Å². The highest BCUT2D eigenvalue weighted by Gasteiger charge is 2.54. The molecule has 1 aliphatic heterocycles. The van der Waals surface area contributed by atoms with Crippen LogP contribution in [0.2, 0.25) is 0 Å². The predicted molar refractivity (Wildman–Crippen MR) is 150 cm³/mol. The summed E-state index contributed by atoms with van der Waals surface area (Å²) < 4.78 is 72.3. The molecule has 0 spiro atoms. The first-order valence-corrected chi connectivity index (χ1v) is 17.0. The van der Waals surface area contributed by atoms with E-state index in [9.17, 15) is 30.8 Å². The van der Waals surface area contributed by atoms with Crippen LogP contribution < -0.4 is 5.32 Å². The molecule has 2 aromatic rings. The minimum absolute atomic E-state index is 0.0813. The minimum atomic E-state index is -4.22. The maximum atomic E-state index is 13.9. The van der Waals surface area contributed by atoms with Crippen molar-refractivity contribution in [1.82, 2.24) is 4.90 Å². The van der Waals surface area contributed by atoms with Crippen LogP contribution in [0.4, 0.5) is 10.1 Å². The molecule has 0 unspecified atom stereocenters. The van der Waals surface area contributed by atoms with E-state index in [0.717, 1.165) is 25.5 Å². The van der Waals surface area contributed by atoms with E-state index >= 15 is 0 Å². The third-order valence-electron chi connectivity index (χ3n) is 7.96. The molecule has 13 heteroatoms. The van der Waals surface area contributed by atoms with Gasteiger partial charge in [0, 0.05) is 18.8 Å². The molecule has 1 heterocycles.